The topological polar surface area (TPSA) is 32.9 Å². The first-order chi connectivity index (χ1) is 8.34. The van der Waals surface area contributed by atoms with Crippen LogP contribution >= 0.6 is 0 Å². The number of H-pyrrole nitrogens is 1. The fraction of sp³-hybridized carbons (Fsp3) is 0.267. The van der Waals surface area contributed by atoms with E-state index in [1.807, 2.05) is 30.3 Å². The van der Waals surface area contributed by atoms with E-state index in [-0.39, 0.29) is 5.56 Å². The zero-order valence-corrected chi connectivity index (χ0v) is 9.70. The molecule has 2 heteroatoms. The first kappa shape index (κ1) is 10.3. The van der Waals surface area contributed by atoms with E-state index >= 15 is 0 Å². The van der Waals surface area contributed by atoms with Gasteiger partial charge in [-0.15, -0.1) is 0 Å². The molecule has 0 spiro atoms. The Morgan fingerprint density at radius 1 is 1.00 bits per heavy atom. The number of benzene rings is 1. The third-order valence-electron chi connectivity index (χ3n) is 3.42. The Labute approximate surface area is 100 Å². The van der Waals surface area contributed by atoms with Crippen LogP contribution < -0.4 is 5.56 Å². The Hall–Kier alpha value is -1.83. The summed E-state index contributed by atoms with van der Waals surface area (Å²) in [6.07, 6.45) is 4.52. The van der Waals surface area contributed by atoms with Crippen LogP contribution in [0.4, 0.5) is 0 Å². The van der Waals surface area contributed by atoms with Crippen molar-refractivity contribution >= 4 is 0 Å². The first-order valence-corrected chi connectivity index (χ1v) is 6.15. The highest BCUT2D eigenvalue weighted by Gasteiger charge is 2.13. The van der Waals surface area contributed by atoms with Crippen LogP contribution in [0.1, 0.15) is 24.1 Å². The summed E-state index contributed by atoms with van der Waals surface area (Å²) in [7, 11) is 0. The predicted octanol–water partition coefficient (Wildman–Crippen LogP) is 2.92. The van der Waals surface area contributed by atoms with Crippen molar-refractivity contribution in [3.8, 4) is 11.1 Å². The molecular weight excluding hydrogens is 210 g/mol. The molecule has 0 saturated carbocycles. The number of aryl methyl sites for hydroxylation is 2. The summed E-state index contributed by atoms with van der Waals surface area (Å²) in [6.45, 7) is 0. The molecule has 86 valence electrons. The van der Waals surface area contributed by atoms with Crippen molar-refractivity contribution in [2.24, 2.45) is 0 Å². The van der Waals surface area contributed by atoms with E-state index in [0.29, 0.717) is 0 Å². The standard InChI is InChI=1S/C15H15NO/c17-15-13(11-6-2-1-3-7-11)10-12-8-4-5-9-14(12)16-15/h1-3,6-7,10H,4-5,8-9H2,(H,16,17). The summed E-state index contributed by atoms with van der Waals surface area (Å²) in [5, 5.41) is 0. The molecule has 2 nitrogen and oxygen atoms in total. The zero-order chi connectivity index (χ0) is 11.7. The van der Waals surface area contributed by atoms with Gasteiger partial charge in [0.25, 0.3) is 5.56 Å². The predicted molar refractivity (Wildman–Crippen MR) is 69.1 cm³/mol. The number of rotatable bonds is 1. The number of hydrogen-bond acceptors (Lipinski definition) is 1. The minimum absolute atomic E-state index is 0.0388. The molecule has 0 unspecified atom stereocenters. The molecule has 1 heterocycles. The van der Waals surface area contributed by atoms with E-state index in [0.717, 1.165) is 29.7 Å². The van der Waals surface area contributed by atoms with Gasteiger partial charge >= 0.3 is 0 Å². The quantitative estimate of drug-likeness (QED) is 0.795. The maximum Gasteiger partial charge on any atom is 0.256 e. The Morgan fingerprint density at radius 2 is 1.76 bits per heavy atom. The van der Waals surface area contributed by atoms with Gasteiger partial charge in [-0.2, -0.15) is 0 Å². The van der Waals surface area contributed by atoms with Crippen LogP contribution in [0, 0.1) is 0 Å². The number of aromatic amines is 1. The average Bonchev–Trinajstić information content (AvgIpc) is 2.39. The van der Waals surface area contributed by atoms with Gasteiger partial charge in [-0.05, 0) is 42.9 Å². The lowest BCUT2D eigenvalue weighted by atomic mass is 9.93. The van der Waals surface area contributed by atoms with Gasteiger partial charge in [0.15, 0.2) is 0 Å². The fourth-order valence-electron chi connectivity index (χ4n) is 2.51. The lowest BCUT2D eigenvalue weighted by Gasteiger charge is -2.16. The second-order valence-corrected chi connectivity index (χ2v) is 4.59. The minimum Gasteiger partial charge on any atom is -0.325 e. The molecule has 17 heavy (non-hydrogen) atoms. The van der Waals surface area contributed by atoms with E-state index < -0.39 is 0 Å². The van der Waals surface area contributed by atoms with Crippen LogP contribution in [-0.4, -0.2) is 4.98 Å². The van der Waals surface area contributed by atoms with Crippen LogP contribution in [0.25, 0.3) is 11.1 Å². The van der Waals surface area contributed by atoms with Gasteiger partial charge in [-0.25, -0.2) is 0 Å². The van der Waals surface area contributed by atoms with Crippen LogP contribution in [-0.2, 0) is 12.8 Å². The molecule has 1 aromatic carbocycles. The van der Waals surface area contributed by atoms with Crippen molar-refractivity contribution in [3.63, 3.8) is 0 Å². The molecule has 1 aliphatic carbocycles. The summed E-state index contributed by atoms with van der Waals surface area (Å²) in [4.78, 5) is 15.1. The van der Waals surface area contributed by atoms with Gasteiger partial charge in [0.2, 0.25) is 0 Å². The van der Waals surface area contributed by atoms with Crippen LogP contribution in [0.3, 0.4) is 0 Å². The van der Waals surface area contributed by atoms with Crippen molar-refractivity contribution in [1.29, 1.82) is 0 Å². The summed E-state index contributed by atoms with van der Waals surface area (Å²) >= 11 is 0. The molecule has 0 fully saturated rings. The number of hydrogen-bond donors (Lipinski definition) is 1. The van der Waals surface area contributed by atoms with E-state index in [2.05, 4.69) is 11.1 Å². The SMILES string of the molecule is O=c1[nH]c2c(cc1-c1ccccc1)CCCC2. The van der Waals surface area contributed by atoms with Crippen molar-refractivity contribution in [2.45, 2.75) is 25.7 Å². The molecule has 0 amide bonds. The Morgan fingerprint density at radius 3 is 2.59 bits per heavy atom. The Balaban J connectivity index is 2.15. The zero-order valence-electron chi connectivity index (χ0n) is 9.70. The van der Waals surface area contributed by atoms with E-state index in [1.54, 1.807) is 0 Å². The number of nitrogens with one attached hydrogen (secondary N) is 1. The molecule has 0 radical (unpaired) electrons. The molecule has 1 N–H and O–H groups in total. The lowest BCUT2D eigenvalue weighted by molar-refractivity contribution is 0.666. The molecule has 3 rings (SSSR count). The van der Waals surface area contributed by atoms with Gasteiger partial charge in [0.05, 0.1) is 0 Å². The number of aromatic nitrogens is 1. The van der Waals surface area contributed by atoms with Gasteiger partial charge in [-0.1, -0.05) is 30.3 Å². The maximum atomic E-state index is 12.0. The van der Waals surface area contributed by atoms with Crippen molar-refractivity contribution in [3.05, 3.63) is 58.0 Å². The highest BCUT2D eigenvalue weighted by atomic mass is 16.1. The Bertz CT molecular complexity index is 584. The molecule has 0 bridgehead atoms. The number of pyridine rings is 1. The van der Waals surface area contributed by atoms with Gasteiger partial charge in [-0.3, -0.25) is 4.79 Å². The van der Waals surface area contributed by atoms with Crippen molar-refractivity contribution in [1.82, 2.24) is 4.98 Å². The van der Waals surface area contributed by atoms with E-state index in [9.17, 15) is 4.79 Å². The van der Waals surface area contributed by atoms with Crippen molar-refractivity contribution < 1.29 is 0 Å². The normalized spacial score (nSPS) is 14.4. The summed E-state index contributed by atoms with van der Waals surface area (Å²) in [5.41, 5.74) is 4.29. The van der Waals surface area contributed by atoms with Crippen LogP contribution in [0.5, 0.6) is 0 Å². The first-order valence-electron chi connectivity index (χ1n) is 6.15. The van der Waals surface area contributed by atoms with Gasteiger partial charge in [0.1, 0.15) is 0 Å². The monoisotopic (exact) mass is 225 g/mol. The van der Waals surface area contributed by atoms with E-state index in [1.165, 1.54) is 18.4 Å². The molecule has 0 aliphatic heterocycles. The third kappa shape index (κ3) is 1.91. The molecule has 0 saturated heterocycles. The molecular formula is C15H15NO. The minimum atomic E-state index is 0.0388. The van der Waals surface area contributed by atoms with Gasteiger partial charge in [0, 0.05) is 11.3 Å². The average molecular weight is 225 g/mol. The van der Waals surface area contributed by atoms with Crippen LogP contribution in [0.2, 0.25) is 0 Å². The lowest BCUT2D eigenvalue weighted by Crippen LogP contribution is -2.16. The number of fused-ring (bicyclic) bond motifs is 1. The molecule has 1 aromatic heterocycles. The highest BCUT2D eigenvalue weighted by molar-refractivity contribution is 5.63. The van der Waals surface area contributed by atoms with Crippen molar-refractivity contribution in [2.75, 3.05) is 0 Å². The fourth-order valence-corrected chi connectivity index (χ4v) is 2.51. The summed E-state index contributed by atoms with van der Waals surface area (Å²) in [6, 6.07) is 11.9. The summed E-state index contributed by atoms with van der Waals surface area (Å²) in [5.74, 6) is 0. The molecule has 1 aliphatic rings. The maximum absolute atomic E-state index is 12.0. The van der Waals surface area contributed by atoms with Gasteiger partial charge < -0.3 is 4.98 Å². The van der Waals surface area contributed by atoms with Crippen LogP contribution in [0.15, 0.2) is 41.2 Å². The largest absolute Gasteiger partial charge is 0.325 e. The Kier molecular flexibility index (Phi) is 2.56. The smallest absolute Gasteiger partial charge is 0.256 e. The molecule has 2 aromatic rings. The summed E-state index contributed by atoms with van der Waals surface area (Å²) < 4.78 is 0. The second-order valence-electron chi connectivity index (χ2n) is 4.59. The highest BCUT2D eigenvalue weighted by Crippen LogP contribution is 2.22. The molecule has 0 atom stereocenters. The second kappa shape index (κ2) is 4.21. The third-order valence-corrected chi connectivity index (χ3v) is 3.42. The van der Waals surface area contributed by atoms with E-state index in [4.69, 9.17) is 0 Å².